The van der Waals surface area contributed by atoms with Gasteiger partial charge in [0.05, 0.1) is 6.61 Å². The Morgan fingerprint density at radius 3 is 2.45 bits per heavy atom. The number of furan rings is 1. The lowest BCUT2D eigenvalue weighted by molar-refractivity contribution is -0.116. The number of hydrogen-bond donors (Lipinski definition) is 1. The van der Waals surface area contributed by atoms with Crippen molar-refractivity contribution in [1.82, 2.24) is 5.32 Å². The number of amides is 1. The fourth-order valence-corrected chi connectivity index (χ4v) is 3.46. The average Bonchev–Trinajstić information content (AvgIpc) is 2.98. The van der Waals surface area contributed by atoms with Crippen molar-refractivity contribution in [3.8, 4) is 5.75 Å². The molecule has 0 bridgehead atoms. The Morgan fingerprint density at radius 2 is 1.79 bits per heavy atom. The van der Waals surface area contributed by atoms with E-state index in [1.165, 1.54) is 5.56 Å². The summed E-state index contributed by atoms with van der Waals surface area (Å²) in [7, 11) is 0. The molecule has 0 aliphatic rings. The Labute approximate surface area is 172 Å². The molecule has 0 atom stereocenters. The molecule has 2 aromatic carbocycles. The minimum Gasteiger partial charge on any atom is -0.493 e. The maximum absolute atomic E-state index is 12.5. The van der Waals surface area contributed by atoms with Gasteiger partial charge in [0.1, 0.15) is 17.1 Å². The van der Waals surface area contributed by atoms with Gasteiger partial charge in [0.2, 0.25) is 5.91 Å². The molecule has 0 spiro atoms. The molecule has 152 valence electrons. The molecular formula is C25H29NO3. The van der Waals surface area contributed by atoms with E-state index >= 15 is 0 Å². The molecule has 3 aromatic rings. The molecule has 0 saturated carbocycles. The van der Waals surface area contributed by atoms with Crippen molar-refractivity contribution in [2.75, 3.05) is 6.61 Å². The van der Waals surface area contributed by atoms with Crippen LogP contribution in [0.4, 0.5) is 0 Å². The Hall–Kier alpha value is -3.01. The van der Waals surface area contributed by atoms with Gasteiger partial charge in [-0.2, -0.15) is 0 Å². The number of carbonyl (C=O) groups is 1. The molecule has 0 aliphatic heterocycles. The van der Waals surface area contributed by atoms with Crippen LogP contribution >= 0.6 is 0 Å². The van der Waals surface area contributed by atoms with Gasteiger partial charge in [-0.1, -0.05) is 29.8 Å². The molecule has 0 fully saturated rings. The molecule has 4 heteroatoms. The van der Waals surface area contributed by atoms with Crippen LogP contribution in [-0.4, -0.2) is 12.5 Å². The highest BCUT2D eigenvalue weighted by atomic mass is 16.5. The summed E-state index contributed by atoms with van der Waals surface area (Å²) in [6.07, 6.45) is 1.64. The van der Waals surface area contributed by atoms with Crippen molar-refractivity contribution < 1.29 is 13.9 Å². The monoisotopic (exact) mass is 391 g/mol. The summed E-state index contributed by atoms with van der Waals surface area (Å²) in [5.41, 5.74) is 6.99. The Bertz CT molecular complexity index is 1070. The number of fused-ring (bicyclic) bond motifs is 1. The van der Waals surface area contributed by atoms with Crippen LogP contribution in [0.3, 0.4) is 0 Å². The van der Waals surface area contributed by atoms with Gasteiger partial charge < -0.3 is 14.5 Å². The zero-order valence-electron chi connectivity index (χ0n) is 18.1. The van der Waals surface area contributed by atoms with Gasteiger partial charge in [-0.3, -0.25) is 4.79 Å². The molecule has 4 nitrogen and oxygen atoms in total. The summed E-state index contributed by atoms with van der Waals surface area (Å²) < 4.78 is 11.9. The predicted octanol–water partition coefficient (Wildman–Crippen LogP) is 5.78. The lowest BCUT2D eigenvalue weighted by atomic mass is 9.98. The molecule has 3 rings (SSSR count). The second kappa shape index (κ2) is 8.56. The molecule has 1 amide bonds. The van der Waals surface area contributed by atoms with Crippen LogP contribution in [0.25, 0.3) is 16.5 Å². The summed E-state index contributed by atoms with van der Waals surface area (Å²) in [6, 6.07) is 10.2. The third-order valence-electron chi connectivity index (χ3n) is 5.29. The first kappa shape index (κ1) is 20.7. The van der Waals surface area contributed by atoms with Gasteiger partial charge >= 0.3 is 0 Å². The zero-order valence-corrected chi connectivity index (χ0v) is 18.1. The van der Waals surface area contributed by atoms with Crippen molar-refractivity contribution in [2.45, 2.75) is 48.1 Å². The third kappa shape index (κ3) is 4.37. The minimum absolute atomic E-state index is 0.122. The molecule has 0 unspecified atom stereocenters. The number of allylic oxidation sites excluding steroid dienone is 1. The van der Waals surface area contributed by atoms with Crippen molar-refractivity contribution in [2.24, 2.45) is 0 Å². The van der Waals surface area contributed by atoms with Crippen molar-refractivity contribution >= 4 is 22.4 Å². The number of nitrogens with one attached hydrogen (secondary N) is 1. The summed E-state index contributed by atoms with van der Waals surface area (Å²) >= 11 is 0. The van der Waals surface area contributed by atoms with Crippen LogP contribution in [0.1, 0.15) is 47.4 Å². The van der Waals surface area contributed by atoms with E-state index in [0.717, 1.165) is 50.3 Å². The highest BCUT2D eigenvalue weighted by Gasteiger charge is 2.18. The van der Waals surface area contributed by atoms with Crippen molar-refractivity contribution in [1.29, 1.82) is 0 Å². The smallest absolute Gasteiger partial charge is 0.244 e. The van der Waals surface area contributed by atoms with Crippen LogP contribution in [0.15, 0.2) is 40.8 Å². The minimum atomic E-state index is -0.122. The van der Waals surface area contributed by atoms with Gasteiger partial charge in [-0.05, 0) is 64.3 Å². The van der Waals surface area contributed by atoms with E-state index in [4.69, 9.17) is 9.15 Å². The lowest BCUT2D eigenvalue weighted by Crippen LogP contribution is -2.20. The highest BCUT2D eigenvalue weighted by molar-refractivity contribution is 5.98. The van der Waals surface area contributed by atoms with E-state index in [1.807, 2.05) is 58.9 Å². The summed E-state index contributed by atoms with van der Waals surface area (Å²) in [5.74, 6) is 1.55. The molecule has 1 aromatic heterocycles. The molecule has 1 heterocycles. The summed E-state index contributed by atoms with van der Waals surface area (Å²) in [5, 5.41) is 4.02. The van der Waals surface area contributed by atoms with Crippen LogP contribution in [0.5, 0.6) is 5.75 Å². The van der Waals surface area contributed by atoms with E-state index in [-0.39, 0.29) is 5.91 Å². The van der Waals surface area contributed by atoms with Gasteiger partial charge in [-0.25, -0.2) is 0 Å². The molecule has 0 aliphatic carbocycles. The summed E-state index contributed by atoms with van der Waals surface area (Å²) in [4.78, 5) is 12.5. The second-order valence-electron chi connectivity index (χ2n) is 7.50. The van der Waals surface area contributed by atoms with Crippen molar-refractivity contribution in [3.63, 3.8) is 0 Å². The largest absolute Gasteiger partial charge is 0.493 e. The SMILES string of the molecule is CCOc1c(/C(C)=C/C(=O)NCc2ccc(C)cc2)cc2c(C)c(C)oc2c1C. The highest BCUT2D eigenvalue weighted by Crippen LogP contribution is 2.38. The Morgan fingerprint density at radius 1 is 1.10 bits per heavy atom. The number of rotatable bonds is 6. The second-order valence-corrected chi connectivity index (χ2v) is 7.50. The number of benzene rings is 2. The molecule has 0 saturated heterocycles. The Kier molecular flexibility index (Phi) is 6.12. The molecule has 1 N–H and O–H groups in total. The number of ether oxygens (including phenoxy) is 1. The first-order valence-electron chi connectivity index (χ1n) is 10.00. The third-order valence-corrected chi connectivity index (χ3v) is 5.29. The van der Waals surface area contributed by atoms with E-state index in [9.17, 15) is 4.79 Å². The first-order valence-corrected chi connectivity index (χ1v) is 10.00. The number of aryl methyl sites for hydroxylation is 4. The molecular weight excluding hydrogens is 362 g/mol. The number of hydrogen-bond acceptors (Lipinski definition) is 3. The van der Waals surface area contributed by atoms with Crippen LogP contribution in [0.2, 0.25) is 0 Å². The summed E-state index contributed by atoms with van der Waals surface area (Å²) in [6.45, 7) is 13.0. The zero-order chi connectivity index (χ0) is 21.1. The molecule has 29 heavy (non-hydrogen) atoms. The van der Waals surface area contributed by atoms with E-state index < -0.39 is 0 Å². The van der Waals surface area contributed by atoms with E-state index in [0.29, 0.717) is 13.2 Å². The van der Waals surface area contributed by atoms with Crippen LogP contribution in [-0.2, 0) is 11.3 Å². The average molecular weight is 392 g/mol. The quantitative estimate of drug-likeness (QED) is 0.542. The topological polar surface area (TPSA) is 51.5 Å². The predicted molar refractivity (Wildman–Crippen MR) is 118 cm³/mol. The maximum Gasteiger partial charge on any atom is 0.244 e. The van der Waals surface area contributed by atoms with Gasteiger partial charge in [0, 0.05) is 29.1 Å². The standard InChI is InChI=1S/C25H29NO3/c1-7-28-24-18(5)25-22(17(4)19(6)29-25)13-21(24)16(3)12-23(27)26-14-20-10-8-15(2)9-11-20/h8-13H,7,14H2,1-6H3,(H,26,27)/b16-12+. The van der Waals surface area contributed by atoms with Gasteiger partial charge in [0.15, 0.2) is 0 Å². The fraction of sp³-hybridized carbons (Fsp3) is 0.320. The van der Waals surface area contributed by atoms with Gasteiger partial charge in [0.25, 0.3) is 0 Å². The van der Waals surface area contributed by atoms with Crippen molar-refractivity contribution in [3.05, 3.63) is 70.0 Å². The number of carbonyl (C=O) groups excluding carboxylic acids is 1. The van der Waals surface area contributed by atoms with Gasteiger partial charge in [-0.15, -0.1) is 0 Å². The molecule has 0 radical (unpaired) electrons. The first-order chi connectivity index (χ1) is 13.8. The van der Waals surface area contributed by atoms with Crippen LogP contribution < -0.4 is 10.1 Å². The Balaban J connectivity index is 1.90. The van der Waals surface area contributed by atoms with Crippen LogP contribution in [0, 0.1) is 27.7 Å². The fourth-order valence-electron chi connectivity index (χ4n) is 3.46. The van der Waals surface area contributed by atoms with E-state index in [2.05, 4.69) is 18.3 Å². The maximum atomic E-state index is 12.5. The van der Waals surface area contributed by atoms with E-state index in [1.54, 1.807) is 6.08 Å². The lowest BCUT2D eigenvalue weighted by Gasteiger charge is -2.14. The normalized spacial score (nSPS) is 11.7.